The smallest absolute Gasteiger partial charge is 0.0366 e. The topological polar surface area (TPSA) is 6.48 Å². The van der Waals surface area contributed by atoms with Crippen molar-refractivity contribution in [1.29, 1.82) is 0 Å². The molecule has 1 saturated heterocycles. The molecular weight excluding hydrogens is 232 g/mol. The number of piperidine rings is 1. The van der Waals surface area contributed by atoms with Crippen LogP contribution in [0.4, 0.5) is 5.69 Å². The monoisotopic (exact) mass is 260 g/mol. The van der Waals surface area contributed by atoms with E-state index in [0.717, 1.165) is 5.92 Å². The number of benzene rings is 1. The van der Waals surface area contributed by atoms with E-state index < -0.39 is 0 Å². The Kier molecular flexibility index (Phi) is 5.71. The molecule has 0 spiro atoms. The highest BCUT2D eigenvalue weighted by Crippen LogP contribution is 2.21. The highest BCUT2D eigenvalue weighted by Gasteiger charge is 2.20. The van der Waals surface area contributed by atoms with Gasteiger partial charge in [0.05, 0.1) is 0 Å². The molecule has 2 rings (SSSR count). The maximum atomic E-state index is 2.59. The van der Waals surface area contributed by atoms with Crippen molar-refractivity contribution in [2.24, 2.45) is 5.92 Å². The second kappa shape index (κ2) is 7.54. The molecular formula is C17H28N2. The minimum atomic E-state index is 0.829. The van der Waals surface area contributed by atoms with Crippen LogP contribution in [-0.4, -0.2) is 38.1 Å². The fraction of sp³-hybridized carbons (Fsp3) is 0.647. The molecule has 0 radical (unpaired) electrons. The molecule has 0 saturated carbocycles. The van der Waals surface area contributed by atoms with E-state index in [0.29, 0.717) is 0 Å². The van der Waals surface area contributed by atoms with Crippen LogP contribution in [0.2, 0.25) is 0 Å². The zero-order valence-electron chi connectivity index (χ0n) is 12.5. The average molecular weight is 260 g/mol. The Morgan fingerprint density at radius 1 is 1.26 bits per heavy atom. The molecule has 0 bridgehead atoms. The lowest BCUT2D eigenvalue weighted by Crippen LogP contribution is -2.39. The van der Waals surface area contributed by atoms with Crippen LogP contribution in [0.5, 0.6) is 0 Å². The third-order valence-electron chi connectivity index (χ3n) is 4.10. The largest absolute Gasteiger partial charge is 0.371 e. The van der Waals surface area contributed by atoms with Gasteiger partial charge in [-0.1, -0.05) is 31.5 Å². The molecule has 2 nitrogen and oxygen atoms in total. The van der Waals surface area contributed by atoms with Crippen molar-refractivity contribution in [1.82, 2.24) is 4.90 Å². The van der Waals surface area contributed by atoms with Gasteiger partial charge in [0.15, 0.2) is 0 Å². The van der Waals surface area contributed by atoms with E-state index in [1.54, 1.807) is 0 Å². The van der Waals surface area contributed by atoms with Gasteiger partial charge in [0, 0.05) is 25.3 Å². The van der Waals surface area contributed by atoms with Gasteiger partial charge in [-0.2, -0.15) is 0 Å². The molecule has 1 aromatic rings. The molecule has 1 aromatic carbocycles. The summed E-state index contributed by atoms with van der Waals surface area (Å²) in [7, 11) is 2.26. The van der Waals surface area contributed by atoms with Crippen molar-refractivity contribution in [3.05, 3.63) is 30.3 Å². The molecule has 1 aliphatic heterocycles. The van der Waals surface area contributed by atoms with E-state index in [2.05, 4.69) is 54.1 Å². The van der Waals surface area contributed by atoms with Crippen LogP contribution in [0.1, 0.15) is 32.6 Å². The van der Waals surface area contributed by atoms with Gasteiger partial charge in [0.2, 0.25) is 0 Å². The Balaban J connectivity index is 1.97. The zero-order valence-corrected chi connectivity index (χ0v) is 12.5. The molecule has 1 fully saturated rings. The van der Waals surface area contributed by atoms with E-state index in [-0.39, 0.29) is 0 Å². The summed E-state index contributed by atoms with van der Waals surface area (Å²) >= 11 is 0. The van der Waals surface area contributed by atoms with E-state index in [4.69, 9.17) is 0 Å². The molecule has 0 amide bonds. The van der Waals surface area contributed by atoms with Crippen molar-refractivity contribution >= 4 is 5.69 Å². The molecule has 1 aliphatic rings. The first-order valence-electron chi connectivity index (χ1n) is 7.78. The Morgan fingerprint density at radius 3 is 2.74 bits per heavy atom. The van der Waals surface area contributed by atoms with Crippen molar-refractivity contribution in [2.45, 2.75) is 32.6 Å². The van der Waals surface area contributed by atoms with Gasteiger partial charge < -0.3 is 9.80 Å². The maximum Gasteiger partial charge on any atom is 0.0366 e. The summed E-state index contributed by atoms with van der Waals surface area (Å²) in [5.41, 5.74) is 1.39. The number of unbranched alkanes of at least 4 members (excludes halogenated alkanes) is 1. The van der Waals surface area contributed by atoms with Crippen molar-refractivity contribution in [3.8, 4) is 0 Å². The van der Waals surface area contributed by atoms with Crippen LogP contribution in [-0.2, 0) is 0 Å². The SMILES string of the molecule is CCCCN(C[C@@H]1CCCN(C)C1)c1ccccc1. The number of nitrogens with zero attached hydrogens (tertiary/aromatic N) is 2. The number of hydrogen-bond acceptors (Lipinski definition) is 2. The van der Waals surface area contributed by atoms with Crippen LogP contribution in [0.15, 0.2) is 30.3 Å². The second-order valence-electron chi connectivity index (χ2n) is 5.91. The molecule has 19 heavy (non-hydrogen) atoms. The minimum Gasteiger partial charge on any atom is -0.371 e. The van der Waals surface area contributed by atoms with Gasteiger partial charge in [0.1, 0.15) is 0 Å². The molecule has 0 aliphatic carbocycles. The van der Waals surface area contributed by atoms with Crippen LogP contribution in [0, 0.1) is 5.92 Å². The number of para-hydroxylation sites is 1. The normalized spacial score (nSPS) is 20.4. The standard InChI is InChI=1S/C17H28N2/c1-3-4-13-19(17-10-6-5-7-11-17)15-16-9-8-12-18(2)14-16/h5-7,10-11,16H,3-4,8-9,12-15H2,1-2H3/t16-/m1/s1. The van der Waals surface area contributed by atoms with E-state index in [1.807, 2.05) is 0 Å². The summed E-state index contributed by atoms with van der Waals surface area (Å²) in [6.45, 7) is 7.22. The predicted octanol–water partition coefficient (Wildman–Crippen LogP) is 3.63. The quantitative estimate of drug-likeness (QED) is 0.770. The highest BCUT2D eigenvalue weighted by atomic mass is 15.2. The van der Waals surface area contributed by atoms with Crippen molar-refractivity contribution in [2.75, 3.05) is 38.1 Å². The summed E-state index contributed by atoms with van der Waals surface area (Å²) in [4.78, 5) is 5.07. The maximum absolute atomic E-state index is 2.59. The second-order valence-corrected chi connectivity index (χ2v) is 5.91. The highest BCUT2D eigenvalue weighted by molar-refractivity contribution is 5.45. The Bertz CT molecular complexity index is 350. The fourth-order valence-electron chi connectivity index (χ4n) is 3.05. The third kappa shape index (κ3) is 4.54. The fourth-order valence-corrected chi connectivity index (χ4v) is 3.05. The number of likely N-dealkylation sites (tertiary alicyclic amines) is 1. The van der Waals surface area contributed by atoms with Gasteiger partial charge >= 0.3 is 0 Å². The van der Waals surface area contributed by atoms with Crippen LogP contribution >= 0.6 is 0 Å². The Labute approximate surface area is 118 Å². The van der Waals surface area contributed by atoms with Crippen LogP contribution < -0.4 is 4.90 Å². The first-order valence-corrected chi connectivity index (χ1v) is 7.78. The van der Waals surface area contributed by atoms with Gasteiger partial charge in [-0.05, 0) is 50.9 Å². The summed E-state index contributed by atoms with van der Waals surface area (Å²) in [6.07, 6.45) is 5.31. The molecule has 1 atom stereocenters. The molecule has 0 unspecified atom stereocenters. The number of rotatable bonds is 6. The number of hydrogen-bond donors (Lipinski definition) is 0. The lowest BCUT2D eigenvalue weighted by atomic mass is 9.97. The molecule has 0 N–H and O–H groups in total. The summed E-state index contributed by atoms with van der Waals surface area (Å²) in [6, 6.07) is 10.9. The molecule has 2 heteroatoms. The zero-order chi connectivity index (χ0) is 13.5. The van der Waals surface area contributed by atoms with Gasteiger partial charge in [-0.3, -0.25) is 0 Å². The Morgan fingerprint density at radius 2 is 2.05 bits per heavy atom. The first kappa shape index (κ1) is 14.4. The third-order valence-corrected chi connectivity index (χ3v) is 4.10. The van der Waals surface area contributed by atoms with E-state index in [1.165, 1.54) is 57.5 Å². The Hall–Kier alpha value is -1.02. The average Bonchev–Trinajstić information content (AvgIpc) is 2.44. The first-order chi connectivity index (χ1) is 9.29. The summed E-state index contributed by atoms with van der Waals surface area (Å²) in [5, 5.41) is 0. The van der Waals surface area contributed by atoms with Crippen molar-refractivity contribution in [3.63, 3.8) is 0 Å². The number of anilines is 1. The van der Waals surface area contributed by atoms with Gasteiger partial charge in [-0.15, -0.1) is 0 Å². The lowest BCUT2D eigenvalue weighted by Gasteiger charge is -2.35. The predicted molar refractivity (Wildman–Crippen MR) is 83.8 cm³/mol. The van der Waals surface area contributed by atoms with Crippen LogP contribution in [0.3, 0.4) is 0 Å². The van der Waals surface area contributed by atoms with Gasteiger partial charge in [-0.25, -0.2) is 0 Å². The van der Waals surface area contributed by atoms with E-state index >= 15 is 0 Å². The summed E-state index contributed by atoms with van der Waals surface area (Å²) < 4.78 is 0. The lowest BCUT2D eigenvalue weighted by molar-refractivity contribution is 0.212. The minimum absolute atomic E-state index is 0.829. The molecule has 0 aromatic heterocycles. The van der Waals surface area contributed by atoms with Crippen LogP contribution in [0.25, 0.3) is 0 Å². The molecule has 1 heterocycles. The van der Waals surface area contributed by atoms with Gasteiger partial charge in [0.25, 0.3) is 0 Å². The summed E-state index contributed by atoms with van der Waals surface area (Å²) in [5.74, 6) is 0.829. The van der Waals surface area contributed by atoms with Crippen molar-refractivity contribution < 1.29 is 0 Å². The van der Waals surface area contributed by atoms with E-state index in [9.17, 15) is 0 Å². The molecule has 106 valence electrons.